The van der Waals surface area contributed by atoms with Crippen LogP contribution in [0.25, 0.3) is 0 Å². The number of carbonyl (C=O) groups excluding carboxylic acids is 1. The monoisotopic (exact) mass is 271 g/mol. The first-order valence-corrected chi connectivity index (χ1v) is 7.12. The predicted molar refractivity (Wildman–Crippen MR) is 71.8 cm³/mol. The second kappa shape index (κ2) is 7.19. The smallest absolute Gasteiger partial charge is 0.234 e. The fraction of sp³-hybridized carbons (Fsp3) is 0.923. The molecule has 0 radical (unpaired) electrons. The van der Waals surface area contributed by atoms with Crippen molar-refractivity contribution in [1.29, 1.82) is 0 Å². The third-order valence-electron chi connectivity index (χ3n) is 3.72. The van der Waals surface area contributed by atoms with Crippen molar-refractivity contribution in [3.63, 3.8) is 0 Å². The first-order chi connectivity index (χ1) is 9.15. The van der Waals surface area contributed by atoms with Gasteiger partial charge in [0.1, 0.15) is 0 Å². The predicted octanol–water partition coefficient (Wildman–Crippen LogP) is -0.670. The van der Waals surface area contributed by atoms with E-state index in [2.05, 4.69) is 10.2 Å². The molecule has 2 fully saturated rings. The molecule has 1 amide bonds. The lowest BCUT2D eigenvalue weighted by atomic mass is 10.1. The molecule has 110 valence electrons. The van der Waals surface area contributed by atoms with E-state index in [0.29, 0.717) is 13.2 Å². The van der Waals surface area contributed by atoms with Gasteiger partial charge in [0, 0.05) is 38.4 Å². The van der Waals surface area contributed by atoms with E-state index in [1.807, 2.05) is 6.92 Å². The molecule has 0 aromatic rings. The Morgan fingerprint density at radius 1 is 1.42 bits per heavy atom. The number of ether oxygens (including phenoxy) is 2. The second-order valence-electron chi connectivity index (χ2n) is 5.46. The van der Waals surface area contributed by atoms with Crippen LogP contribution in [-0.4, -0.2) is 68.4 Å². The average molecular weight is 271 g/mol. The van der Waals surface area contributed by atoms with Crippen molar-refractivity contribution in [3.8, 4) is 0 Å². The van der Waals surface area contributed by atoms with Crippen LogP contribution in [0.5, 0.6) is 0 Å². The molecule has 2 rings (SSSR count). The number of morpholine rings is 1. The molecule has 6 nitrogen and oxygen atoms in total. The quantitative estimate of drug-likeness (QED) is 0.709. The number of nitrogens with zero attached hydrogens (tertiary/aromatic N) is 1. The molecular weight excluding hydrogens is 246 g/mol. The Labute approximate surface area is 114 Å². The molecule has 19 heavy (non-hydrogen) atoms. The first-order valence-electron chi connectivity index (χ1n) is 7.12. The zero-order valence-electron chi connectivity index (χ0n) is 11.6. The lowest BCUT2D eigenvalue weighted by Gasteiger charge is -2.34. The fourth-order valence-corrected chi connectivity index (χ4v) is 2.51. The summed E-state index contributed by atoms with van der Waals surface area (Å²) in [6.07, 6.45) is 1.86. The van der Waals surface area contributed by atoms with Crippen molar-refractivity contribution >= 4 is 5.91 Å². The summed E-state index contributed by atoms with van der Waals surface area (Å²) in [6, 6.07) is 0.271. The van der Waals surface area contributed by atoms with Crippen molar-refractivity contribution in [3.05, 3.63) is 0 Å². The second-order valence-corrected chi connectivity index (χ2v) is 5.46. The van der Waals surface area contributed by atoms with E-state index in [1.165, 1.54) is 0 Å². The normalized spacial score (nSPS) is 28.0. The lowest BCUT2D eigenvalue weighted by Crippen LogP contribution is -2.52. The summed E-state index contributed by atoms with van der Waals surface area (Å²) < 4.78 is 10.9. The third-order valence-corrected chi connectivity index (χ3v) is 3.72. The van der Waals surface area contributed by atoms with Gasteiger partial charge < -0.3 is 20.5 Å². The minimum Gasteiger partial charge on any atom is -0.381 e. The Bertz CT molecular complexity index is 293. The van der Waals surface area contributed by atoms with Crippen molar-refractivity contribution in [2.24, 2.45) is 5.73 Å². The zero-order chi connectivity index (χ0) is 13.7. The molecular formula is C13H25N3O3. The van der Waals surface area contributed by atoms with Gasteiger partial charge in [0.05, 0.1) is 19.3 Å². The van der Waals surface area contributed by atoms with E-state index < -0.39 is 0 Å². The van der Waals surface area contributed by atoms with E-state index >= 15 is 0 Å². The van der Waals surface area contributed by atoms with Crippen molar-refractivity contribution in [2.45, 2.75) is 38.0 Å². The molecule has 0 aromatic carbocycles. The highest BCUT2D eigenvalue weighted by molar-refractivity contribution is 5.78. The van der Waals surface area contributed by atoms with E-state index in [9.17, 15) is 4.79 Å². The van der Waals surface area contributed by atoms with Gasteiger partial charge >= 0.3 is 0 Å². The Kier molecular flexibility index (Phi) is 5.57. The third kappa shape index (κ3) is 4.72. The molecule has 0 spiro atoms. The van der Waals surface area contributed by atoms with Gasteiger partial charge in [0.15, 0.2) is 0 Å². The maximum absolute atomic E-state index is 12.0. The van der Waals surface area contributed by atoms with Crippen LogP contribution in [0.4, 0.5) is 0 Å². The van der Waals surface area contributed by atoms with Gasteiger partial charge in [0.25, 0.3) is 0 Å². The summed E-state index contributed by atoms with van der Waals surface area (Å²) in [7, 11) is 0. The Morgan fingerprint density at radius 2 is 2.16 bits per heavy atom. The average Bonchev–Trinajstić information content (AvgIpc) is 2.40. The molecule has 0 bridgehead atoms. The maximum atomic E-state index is 12.0. The lowest BCUT2D eigenvalue weighted by molar-refractivity contribution is -0.125. The van der Waals surface area contributed by atoms with Crippen LogP contribution in [0.2, 0.25) is 0 Å². The molecule has 0 saturated carbocycles. The first kappa shape index (κ1) is 14.7. The molecule has 2 aliphatic rings. The van der Waals surface area contributed by atoms with Gasteiger partial charge in [-0.25, -0.2) is 0 Å². The highest BCUT2D eigenvalue weighted by Crippen LogP contribution is 2.09. The van der Waals surface area contributed by atoms with Crippen molar-refractivity contribution in [2.75, 3.05) is 39.5 Å². The summed E-state index contributed by atoms with van der Waals surface area (Å²) in [5.74, 6) is 0.0947. The van der Waals surface area contributed by atoms with Crippen LogP contribution in [-0.2, 0) is 14.3 Å². The molecule has 2 aliphatic heterocycles. The van der Waals surface area contributed by atoms with E-state index in [1.54, 1.807) is 0 Å². The summed E-state index contributed by atoms with van der Waals surface area (Å²) >= 11 is 0. The molecule has 0 aliphatic carbocycles. The molecule has 3 N–H and O–H groups in total. The topological polar surface area (TPSA) is 76.8 Å². The zero-order valence-corrected chi connectivity index (χ0v) is 11.6. The van der Waals surface area contributed by atoms with Gasteiger partial charge in [-0.1, -0.05) is 0 Å². The molecule has 0 aromatic heterocycles. The van der Waals surface area contributed by atoms with Gasteiger partial charge in [0.2, 0.25) is 5.91 Å². The standard InChI is InChI=1S/C13H25N3O3/c1-10(14)12-8-16(4-7-19-12)9-13(17)15-11-2-5-18-6-3-11/h10-12H,2-9,14H2,1H3,(H,15,17). The number of nitrogens with one attached hydrogen (secondary N) is 1. The molecule has 6 heteroatoms. The van der Waals surface area contributed by atoms with E-state index in [0.717, 1.165) is 39.1 Å². The van der Waals surface area contributed by atoms with Crippen molar-refractivity contribution in [1.82, 2.24) is 10.2 Å². The van der Waals surface area contributed by atoms with Crippen LogP contribution in [0, 0.1) is 0 Å². The Balaban J connectivity index is 1.72. The van der Waals surface area contributed by atoms with E-state index in [4.69, 9.17) is 15.2 Å². The van der Waals surface area contributed by atoms with Gasteiger partial charge in [-0.15, -0.1) is 0 Å². The fourth-order valence-electron chi connectivity index (χ4n) is 2.51. The Morgan fingerprint density at radius 3 is 2.84 bits per heavy atom. The van der Waals surface area contributed by atoms with Crippen LogP contribution in [0.3, 0.4) is 0 Å². The number of rotatable bonds is 4. The molecule has 2 atom stereocenters. The minimum atomic E-state index is 0.00125. The SMILES string of the molecule is CC(N)C1CN(CC(=O)NC2CCOCC2)CCO1. The largest absolute Gasteiger partial charge is 0.381 e. The summed E-state index contributed by atoms with van der Waals surface area (Å²) in [5.41, 5.74) is 5.84. The van der Waals surface area contributed by atoms with Crippen LogP contribution < -0.4 is 11.1 Å². The number of nitrogens with two attached hydrogens (primary N) is 1. The number of hydrogen-bond donors (Lipinski definition) is 2. The summed E-state index contributed by atoms with van der Waals surface area (Å²) in [6.45, 7) is 6.05. The van der Waals surface area contributed by atoms with Gasteiger partial charge in [-0.3, -0.25) is 9.69 Å². The van der Waals surface area contributed by atoms with Gasteiger partial charge in [-0.2, -0.15) is 0 Å². The van der Waals surface area contributed by atoms with Crippen LogP contribution in [0.1, 0.15) is 19.8 Å². The van der Waals surface area contributed by atoms with Crippen molar-refractivity contribution < 1.29 is 14.3 Å². The highest BCUT2D eigenvalue weighted by Gasteiger charge is 2.25. The Hall–Kier alpha value is -0.690. The van der Waals surface area contributed by atoms with Crippen LogP contribution in [0.15, 0.2) is 0 Å². The number of carbonyl (C=O) groups is 1. The maximum Gasteiger partial charge on any atom is 0.234 e. The summed E-state index contributed by atoms with van der Waals surface area (Å²) in [4.78, 5) is 14.1. The van der Waals surface area contributed by atoms with Crippen LogP contribution >= 0.6 is 0 Å². The number of amides is 1. The summed E-state index contributed by atoms with van der Waals surface area (Å²) in [5, 5.41) is 3.08. The minimum absolute atomic E-state index is 0.00125. The molecule has 2 heterocycles. The molecule has 2 unspecified atom stereocenters. The van der Waals surface area contributed by atoms with Gasteiger partial charge in [-0.05, 0) is 19.8 Å². The van der Waals surface area contributed by atoms with E-state index in [-0.39, 0.29) is 24.1 Å². The molecule has 2 saturated heterocycles. The highest BCUT2D eigenvalue weighted by atomic mass is 16.5. The number of hydrogen-bond acceptors (Lipinski definition) is 5.